The molecule has 3 fully saturated rings. The van der Waals surface area contributed by atoms with Crippen LogP contribution < -0.4 is 5.32 Å². The second-order valence-corrected chi connectivity index (χ2v) is 9.29. The highest BCUT2D eigenvalue weighted by Crippen LogP contribution is 2.32. The molecule has 0 aliphatic carbocycles. The summed E-state index contributed by atoms with van der Waals surface area (Å²) in [5.41, 5.74) is 0.238. The van der Waals surface area contributed by atoms with Gasteiger partial charge in [0.2, 0.25) is 5.91 Å². The zero-order valence-electron chi connectivity index (χ0n) is 18.8. The Balaban J connectivity index is 1.28. The topological polar surface area (TPSA) is 73.0 Å². The van der Waals surface area contributed by atoms with Crippen molar-refractivity contribution in [2.24, 2.45) is 0 Å². The Hall–Kier alpha value is -2.48. The van der Waals surface area contributed by atoms with Crippen molar-refractivity contribution in [1.82, 2.24) is 20.0 Å². The normalized spacial score (nSPS) is 23.2. The van der Waals surface area contributed by atoms with E-state index in [9.17, 15) is 18.8 Å². The Morgan fingerprint density at radius 2 is 1.88 bits per heavy atom. The Labute approximate surface area is 188 Å². The fraction of sp³-hybridized carbons (Fsp3) is 0.625. The highest BCUT2D eigenvalue weighted by Gasteiger charge is 2.54. The first kappa shape index (κ1) is 22.7. The van der Waals surface area contributed by atoms with E-state index in [4.69, 9.17) is 0 Å². The number of aryl methyl sites for hydroxylation is 1. The second-order valence-electron chi connectivity index (χ2n) is 9.29. The predicted molar refractivity (Wildman–Crippen MR) is 118 cm³/mol. The monoisotopic (exact) mass is 444 g/mol. The first-order valence-corrected chi connectivity index (χ1v) is 11.8. The summed E-state index contributed by atoms with van der Waals surface area (Å²) in [4.78, 5) is 44.2. The van der Waals surface area contributed by atoms with Crippen molar-refractivity contribution in [1.29, 1.82) is 0 Å². The smallest absolute Gasteiger partial charge is 0.325 e. The van der Waals surface area contributed by atoms with Gasteiger partial charge in [-0.2, -0.15) is 0 Å². The summed E-state index contributed by atoms with van der Waals surface area (Å²) in [7, 11) is 0. The molecule has 4 rings (SSSR count). The maximum Gasteiger partial charge on any atom is 0.325 e. The van der Waals surface area contributed by atoms with E-state index >= 15 is 0 Å². The second kappa shape index (κ2) is 9.57. The fourth-order valence-corrected chi connectivity index (χ4v) is 5.22. The van der Waals surface area contributed by atoms with Crippen LogP contribution in [0.25, 0.3) is 0 Å². The van der Waals surface area contributed by atoms with E-state index in [2.05, 4.69) is 17.1 Å². The van der Waals surface area contributed by atoms with E-state index in [1.165, 1.54) is 17.0 Å². The van der Waals surface area contributed by atoms with Gasteiger partial charge >= 0.3 is 6.03 Å². The summed E-state index contributed by atoms with van der Waals surface area (Å²) in [5.74, 6) is -0.333. The minimum Gasteiger partial charge on any atom is -0.341 e. The summed E-state index contributed by atoms with van der Waals surface area (Å²) in [6.07, 6.45) is 4.80. The number of carbonyl (C=O) groups is 3. The first-order chi connectivity index (χ1) is 15.4. The molecule has 0 aromatic heterocycles. The maximum absolute atomic E-state index is 13.3. The zero-order valence-corrected chi connectivity index (χ0v) is 18.8. The molecular weight excluding hydrogens is 411 g/mol. The van der Waals surface area contributed by atoms with Crippen LogP contribution in [0.15, 0.2) is 24.3 Å². The SMILES string of the molecule is CCCN1CCC2(CC1)NC(=O)N([C@@H]1CCN(C(=O)CCCc3ccc(F)cc3)C1)C2=O. The van der Waals surface area contributed by atoms with Gasteiger partial charge in [0.1, 0.15) is 11.4 Å². The molecule has 8 heteroatoms. The molecule has 3 saturated heterocycles. The van der Waals surface area contributed by atoms with Crippen LogP contribution >= 0.6 is 0 Å². The molecule has 7 nitrogen and oxygen atoms in total. The van der Waals surface area contributed by atoms with Gasteiger partial charge in [-0.05, 0) is 62.8 Å². The molecule has 1 aromatic rings. The Bertz CT molecular complexity index is 851. The Kier molecular flexibility index (Phi) is 6.79. The molecule has 32 heavy (non-hydrogen) atoms. The molecule has 1 aromatic carbocycles. The summed E-state index contributed by atoms with van der Waals surface area (Å²) >= 11 is 0. The van der Waals surface area contributed by atoms with E-state index in [1.807, 2.05) is 0 Å². The predicted octanol–water partition coefficient (Wildman–Crippen LogP) is 2.55. The van der Waals surface area contributed by atoms with Crippen LogP contribution in [0, 0.1) is 5.82 Å². The van der Waals surface area contributed by atoms with Crippen LogP contribution in [-0.2, 0) is 16.0 Å². The molecule has 3 aliphatic heterocycles. The van der Waals surface area contributed by atoms with Crippen LogP contribution in [0.4, 0.5) is 9.18 Å². The molecule has 0 saturated carbocycles. The summed E-state index contributed by atoms with van der Waals surface area (Å²) < 4.78 is 13.0. The molecule has 1 atom stereocenters. The quantitative estimate of drug-likeness (QED) is 0.656. The molecule has 174 valence electrons. The van der Waals surface area contributed by atoms with Crippen molar-refractivity contribution >= 4 is 17.8 Å². The largest absolute Gasteiger partial charge is 0.341 e. The van der Waals surface area contributed by atoms with E-state index < -0.39 is 5.54 Å². The lowest BCUT2D eigenvalue weighted by molar-refractivity contribution is -0.135. The minimum absolute atomic E-state index is 0.0456. The maximum atomic E-state index is 13.3. The third kappa shape index (κ3) is 4.65. The standard InChI is InChI=1S/C24H33FN4O3/c1-2-13-27-15-11-24(12-16-27)22(31)29(23(32)26-24)20-10-14-28(17-20)21(30)5-3-4-18-6-8-19(25)9-7-18/h6-9,20H,2-5,10-17H2,1H3,(H,26,32)/t20-/m1/s1. The van der Waals surface area contributed by atoms with Gasteiger partial charge in [0, 0.05) is 32.6 Å². The fourth-order valence-electron chi connectivity index (χ4n) is 5.22. The number of benzene rings is 1. The third-order valence-corrected chi connectivity index (χ3v) is 7.09. The van der Waals surface area contributed by atoms with E-state index in [1.54, 1.807) is 17.0 Å². The minimum atomic E-state index is -0.770. The highest BCUT2D eigenvalue weighted by molar-refractivity contribution is 6.07. The van der Waals surface area contributed by atoms with Gasteiger partial charge in [-0.3, -0.25) is 14.5 Å². The summed E-state index contributed by atoms with van der Waals surface area (Å²) in [6.45, 7) is 5.77. The highest BCUT2D eigenvalue weighted by atomic mass is 19.1. The molecule has 3 aliphatic rings. The lowest BCUT2D eigenvalue weighted by atomic mass is 9.87. The van der Waals surface area contributed by atoms with Gasteiger partial charge < -0.3 is 15.1 Å². The number of halogens is 1. The zero-order chi connectivity index (χ0) is 22.7. The number of nitrogens with one attached hydrogen (secondary N) is 1. The van der Waals surface area contributed by atoms with Crippen LogP contribution in [0.3, 0.4) is 0 Å². The Morgan fingerprint density at radius 1 is 1.16 bits per heavy atom. The van der Waals surface area contributed by atoms with Crippen molar-refractivity contribution < 1.29 is 18.8 Å². The number of hydrogen-bond donors (Lipinski definition) is 1. The van der Waals surface area contributed by atoms with Crippen molar-refractivity contribution in [3.8, 4) is 0 Å². The van der Waals surface area contributed by atoms with Gasteiger partial charge in [0.05, 0.1) is 6.04 Å². The number of hydrogen-bond acceptors (Lipinski definition) is 4. The van der Waals surface area contributed by atoms with Crippen LogP contribution in [0.2, 0.25) is 0 Å². The van der Waals surface area contributed by atoms with Gasteiger partial charge in [-0.25, -0.2) is 9.18 Å². The van der Waals surface area contributed by atoms with E-state index in [-0.39, 0.29) is 29.7 Å². The number of rotatable bonds is 7. The molecule has 1 spiro atoms. The van der Waals surface area contributed by atoms with Crippen molar-refractivity contribution in [3.05, 3.63) is 35.6 Å². The van der Waals surface area contributed by atoms with Crippen LogP contribution in [-0.4, -0.2) is 76.8 Å². The first-order valence-electron chi connectivity index (χ1n) is 11.8. The molecule has 3 heterocycles. The van der Waals surface area contributed by atoms with Crippen molar-refractivity contribution in [2.45, 2.75) is 63.5 Å². The number of carbonyl (C=O) groups excluding carboxylic acids is 3. The molecule has 0 radical (unpaired) electrons. The van der Waals surface area contributed by atoms with E-state index in [0.717, 1.165) is 31.6 Å². The van der Waals surface area contributed by atoms with E-state index in [0.29, 0.717) is 51.6 Å². The number of nitrogens with zero attached hydrogens (tertiary/aromatic N) is 3. The lowest BCUT2D eigenvalue weighted by Crippen LogP contribution is -2.55. The third-order valence-electron chi connectivity index (χ3n) is 7.09. The summed E-state index contributed by atoms with van der Waals surface area (Å²) in [6, 6.07) is 5.78. The van der Waals surface area contributed by atoms with Crippen LogP contribution in [0.1, 0.15) is 51.0 Å². The number of imide groups is 1. The number of likely N-dealkylation sites (tertiary alicyclic amines) is 2. The average Bonchev–Trinajstić information content (AvgIpc) is 3.34. The molecule has 0 bridgehead atoms. The number of amides is 4. The number of piperidine rings is 1. The Morgan fingerprint density at radius 3 is 2.56 bits per heavy atom. The molecule has 1 N–H and O–H groups in total. The van der Waals surface area contributed by atoms with Gasteiger partial charge in [0.25, 0.3) is 5.91 Å². The van der Waals surface area contributed by atoms with Crippen molar-refractivity contribution in [3.63, 3.8) is 0 Å². The molecule has 0 unspecified atom stereocenters. The van der Waals surface area contributed by atoms with Crippen molar-refractivity contribution in [2.75, 3.05) is 32.7 Å². The number of urea groups is 1. The average molecular weight is 445 g/mol. The molecular formula is C24H33FN4O3. The van der Waals surface area contributed by atoms with Gasteiger partial charge in [-0.1, -0.05) is 19.1 Å². The molecule has 4 amide bonds. The van der Waals surface area contributed by atoms with Crippen LogP contribution in [0.5, 0.6) is 0 Å². The van der Waals surface area contributed by atoms with Gasteiger partial charge in [-0.15, -0.1) is 0 Å². The summed E-state index contributed by atoms with van der Waals surface area (Å²) in [5, 5.41) is 2.99. The van der Waals surface area contributed by atoms with Gasteiger partial charge in [0.15, 0.2) is 0 Å². The lowest BCUT2D eigenvalue weighted by Gasteiger charge is -2.37.